The first-order valence-electron chi connectivity index (χ1n) is 9.88. The number of hydrogen-bond acceptors (Lipinski definition) is 1. The third-order valence-corrected chi connectivity index (χ3v) is 7.77. The van der Waals surface area contributed by atoms with Gasteiger partial charge in [0.05, 0.1) is 0 Å². The molecule has 4 bridgehead atoms. The summed E-state index contributed by atoms with van der Waals surface area (Å²) in [5.74, 6) is 3.58. The summed E-state index contributed by atoms with van der Waals surface area (Å²) in [5.41, 5.74) is 8.80. The zero-order chi connectivity index (χ0) is 16.3. The lowest BCUT2D eigenvalue weighted by Crippen LogP contribution is -2.51. The lowest BCUT2D eigenvalue weighted by molar-refractivity contribution is -0.0886. The van der Waals surface area contributed by atoms with Crippen molar-refractivity contribution in [3.05, 3.63) is 48.0 Å². The monoisotopic (exact) mass is 319 g/mol. The first-order valence-corrected chi connectivity index (χ1v) is 9.88. The Bertz CT molecular complexity index is 721. The Balaban J connectivity index is 1.51. The smallest absolute Gasteiger partial charge is 0.0332 e. The van der Waals surface area contributed by atoms with Crippen LogP contribution in [-0.2, 0) is 0 Å². The summed E-state index contributed by atoms with van der Waals surface area (Å²) in [5, 5.41) is 2.67. The highest BCUT2D eigenvalue weighted by Crippen LogP contribution is 2.64. The number of hydrogen-bond donors (Lipinski definition) is 1. The molecule has 0 radical (unpaired) electrons. The molecule has 2 atom stereocenters. The SMILES string of the molecule is CC(C(N)c1cccc2ccccc12)C12CC3CC(CC(C3)C1)C2. The van der Waals surface area contributed by atoms with Gasteiger partial charge in [0.25, 0.3) is 0 Å². The molecule has 0 heterocycles. The second-order valence-corrected chi connectivity index (χ2v) is 9.16. The Morgan fingerprint density at radius 1 is 0.875 bits per heavy atom. The maximum Gasteiger partial charge on any atom is 0.0332 e. The molecule has 4 aliphatic rings. The van der Waals surface area contributed by atoms with E-state index < -0.39 is 0 Å². The highest BCUT2D eigenvalue weighted by Gasteiger charge is 2.54. The molecular formula is C23H29N. The minimum absolute atomic E-state index is 0.160. The van der Waals surface area contributed by atoms with E-state index in [0.29, 0.717) is 11.3 Å². The van der Waals surface area contributed by atoms with Crippen molar-refractivity contribution in [3.63, 3.8) is 0 Å². The molecule has 4 fully saturated rings. The fourth-order valence-electron chi connectivity index (χ4n) is 6.93. The van der Waals surface area contributed by atoms with Gasteiger partial charge >= 0.3 is 0 Å². The van der Waals surface area contributed by atoms with E-state index >= 15 is 0 Å². The van der Waals surface area contributed by atoms with Crippen molar-refractivity contribution >= 4 is 10.8 Å². The lowest BCUT2D eigenvalue weighted by atomic mass is 9.46. The zero-order valence-corrected chi connectivity index (χ0v) is 14.7. The van der Waals surface area contributed by atoms with Crippen LogP contribution in [0.2, 0.25) is 0 Å². The molecular weight excluding hydrogens is 290 g/mol. The van der Waals surface area contributed by atoms with Gasteiger partial charge in [-0.15, -0.1) is 0 Å². The topological polar surface area (TPSA) is 26.0 Å². The number of rotatable bonds is 3. The summed E-state index contributed by atoms with van der Waals surface area (Å²) in [6.45, 7) is 2.46. The van der Waals surface area contributed by atoms with E-state index in [1.54, 1.807) is 0 Å². The fourth-order valence-corrected chi connectivity index (χ4v) is 6.93. The molecule has 0 spiro atoms. The first-order chi connectivity index (χ1) is 11.6. The van der Waals surface area contributed by atoms with Crippen LogP contribution in [0.1, 0.15) is 57.1 Å². The van der Waals surface area contributed by atoms with Crippen LogP contribution < -0.4 is 5.73 Å². The normalized spacial score (nSPS) is 36.8. The van der Waals surface area contributed by atoms with Crippen molar-refractivity contribution in [3.8, 4) is 0 Å². The molecule has 2 N–H and O–H groups in total. The van der Waals surface area contributed by atoms with Gasteiger partial charge in [-0.25, -0.2) is 0 Å². The zero-order valence-electron chi connectivity index (χ0n) is 14.7. The van der Waals surface area contributed by atoms with E-state index in [9.17, 15) is 0 Å². The number of nitrogens with two attached hydrogens (primary N) is 1. The van der Waals surface area contributed by atoms with Crippen molar-refractivity contribution in [1.82, 2.24) is 0 Å². The number of benzene rings is 2. The minimum Gasteiger partial charge on any atom is -0.324 e. The van der Waals surface area contributed by atoms with Gasteiger partial charge < -0.3 is 5.73 Å². The average Bonchev–Trinajstić information content (AvgIpc) is 2.59. The van der Waals surface area contributed by atoms with Crippen molar-refractivity contribution in [2.75, 3.05) is 0 Å². The van der Waals surface area contributed by atoms with Crippen LogP contribution >= 0.6 is 0 Å². The molecule has 0 saturated heterocycles. The van der Waals surface area contributed by atoms with Crippen molar-refractivity contribution < 1.29 is 0 Å². The summed E-state index contributed by atoms with van der Waals surface area (Å²) in [7, 11) is 0. The van der Waals surface area contributed by atoms with E-state index in [1.807, 2.05) is 0 Å². The van der Waals surface area contributed by atoms with Crippen LogP contribution in [0, 0.1) is 29.1 Å². The standard InChI is InChI=1S/C23H29N/c1-15(23-12-16-9-17(13-23)11-18(10-16)14-23)22(24)21-8-4-6-19-5-2-3-7-20(19)21/h2-8,15-18,22H,9-14,24H2,1H3. The third kappa shape index (κ3) is 2.17. The fraction of sp³-hybridized carbons (Fsp3) is 0.565. The van der Waals surface area contributed by atoms with E-state index in [1.165, 1.54) is 54.9 Å². The Hall–Kier alpha value is -1.34. The van der Waals surface area contributed by atoms with Crippen LogP contribution in [-0.4, -0.2) is 0 Å². The Labute approximate surface area is 145 Å². The second-order valence-electron chi connectivity index (χ2n) is 9.16. The van der Waals surface area contributed by atoms with Crippen LogP contribution in [0.15, 0.2) is 42.5 Å². The van der Waals surface area contributed by atoms with Gasteiger partial charge in [0.15, 0.2) is 0 Å². The van der Waals surface area contributed by atoms with Crippen LogP contribution in [0.4, 0.5) is 0 Å². The maximum absolute atomic E-state index is 6.93. The van der Waals surface area contributed by atoms with E-state index in [2.05, 4.69) is 49.4 Å². The molecule has 4 aliphatic carbocycles. The molecule has 1 heteroatoms. The minimum atomic E-state index is 0.160. The molecule has 4 saturated carbocycles. The highest BCUT2D eigenvalue weighted by molar-refractivity contribution is 5.86. The third-order valence-electron chi connectivity index (χ3n) is 7.77. The van der Waals surface area contributed by atoms with E-state index in [-0.39, 0.29) is 6.04 Å². The second kappa shape index (κ2) is 5.33. The van der Waals surface area contributed by atoms with Gasteiger partial charge in [-0.05, 0) is 83.9 Å². The predicted molar refractivity (Wildman–Crippen MR) is 101 cm³/mol. The highest BCUT2D eigenvalue weighted by atomic mass is 14.7. The predicted octanol–water partition coefficient (Wildman–Crippen LogP) is 5.69. The average molecular weight is 319 g/mol. The molecule has 0 amide bonds. The number of fused-ring (bicyclic) bond motifs is 1. The Morgan fingerprint density at radius 2 is 1.46 bits per heavy atom. The van der Waals surface area contributed by atoms with Gasteiger partial charge in [0.1, 0.15) is 0 Å². The largest absolute Gasteiger partial charge is 0.324 e. The van der Waals surface area contributed by atoms with Crippen LogP contribution in [0.5, 0.6) is 0 Å². The van der Waals surface area contributed by atoms with Crippen molar-refractivity contribution in [2.24, 2.45) is 34.8 Å². The first kappa shape index (κ1) is 15.0. The Kier molecular flexibility index (Phi) is 3.32. The van der Waals surface area contributed by atoms with Gasteiger partial charge in [0, 0.05) is 6.04 Å². The Morgan fingerprint density at radius 3 is 2.12 bits per heavy atom. The molecule has 0 aliphatic heterocycles. The molecule has 2 unspecified atom stereocenters. The molecule has 1 nitrogen and oxygen atoms in total. The van der Waals surface area contributed by atoms with E-state index in [4.69, 9.17) is 5.73 Å². The summed E-state index contributed by atoms with van der Waals surface area (Å²) in [4.78, 5) is 0. The molecule has 2 aromatic rings. The quantitative estimate of drug-likeness (QED) is 0.772. The molecule has 2 aromatic carbocycles. The summed E-state index contributed by atoms with van der Waals surface area (Å²) < 4.78 is 0. The van der Waals surface area contributed by atoms with Crippen molar-refractivity contribution in [2.45, 2.75) is 51.5 Å². The maximum atomic E-state index is 6.93. The van der Waals surface area contributed by atoms with Gasteiger partial charge in [-0.1, -0.05) is 49.4 Å². The van der Waals surface area contributed by atoms with Gasteiger partial charge in [0.2, 0.25) is 0 Å². The van der Waals surface area contributed by atoms with Crippen molar-refractivity contribution in [1.29, 1.82) is 0 Å². The van der Waals surface area contributed by atoms with Gasteiger partial charge in [-0.3, -0.25) is 0 Å². The van der Waals surface area contributed by atoms with E-state index in [0.717, 1.165) is 17.8 Å². The lowest BCUT2D eigenvalue weighted by Gasteiger charge is -2.60. The summed E-state index contributed by atoms with van der Waals surface area (Å²) in [6.07, 6.45) is 8.86. The van der Waals surface area contributed by atoms with Gasteiger partial charge in [-0.2, -0.15) is 0 Å². The summed E-state index contributed by atoms with van der Waals surface area (Å²) in [6, 6.07) is 15.5. The summed E-state index contributed by atoms with van der Waals surface area (Å²) >= 11 is 0. The van der Waals surface area contributed by atoms with Crippen LogP contribution in [0.25, 0.3) is 10.8 Å². The molecule has 126 valence electrons. The molecule has 0 aromatic heterocycles. The molecule has 6 rings (SSSR count). The molecule has 24 heavy (non-hydrogen) atoms. The van der Waals surface area contributed by atoms with Crippen LogP contribution in [0.3, 0.4) is 0 Å².